The van der Waals surface area contributed by atoms with Crippen LogP contribution in [0.2, 0.25) is 0 Å². The summed E-state index contributed by atoms with van der Waals surface area (Å²) in [6, 6.07) is 11.2. The van der Waals surface area contributed by atoms with E-state index < -0.39 is 0 Å². The van der Waals surface area contributed by atoms with Gasteiger partial charge in [0.25, 0.3) is 0 Å². The number of likely N-dealkylation sites (tertiary alicyclic amines) is 1. The summed E-state index contributed by atoms with van der Waals surface area (Å²) in [5, 5.41) is 0. The molecule has 0 radical (unpaired) electrons. The molecule has 2 unspecified atom stereocenters. The Balaban J connectivity index is 2.05. The third kappa shape index (κ3) is 2.28. The minimum Gasteiger partial charge on any atom is -0.330 e. The van der Waals surface area contributed by atoms with Crippen LogP contribution in [0.15, 0.2) is 30.3 Å². The van der Waals surface area contributed by atoms with Crippen LogP contribution in [-0.4, -0.2) is 24.5 Å². The maximum atomic E-state index is 5.84. The molecule has 16 heavy (non-hydrogen) atoms. The van der Waals surface area contributed by atoms with Crippen LogP contribution in [0.5, 0.6) is 0 Å². The topological polar surface area (TPSA) is 29.3 Å². The Morgan fingerprint density at radius 2 is 2.06 bits per heavy atom. The van der Waals surface area contributed by atoms with Gasteiger partial charge in [-0.05, 0) is 37.4 Å². The standard InChI is InChI=1S/C14H22N2/c1-12(13-6-4-3-5-7-13)16-9-8-14(2,10-15)11-16/h3-7,12H,8-11,15H2,1-2H3. The van der Waals surface area contributed by atoms with Gasteiger partial charge in [0.05, 0.1) is 0 Å². The van der Waals surface area contributed by atoms with Crippen molar-refractivity contribution in [1.82, 2.24) is 4.90 Å². The average molecular weight is 218 g/mol. The number of hydrogen-bond donors (Lipinski definition) is 1. The van der Waals surface area contributed by atoms with Crippen molar-refractivity contribution in [2.75, 3.05) is 19.6 Å². The van der Waals surface area contributed by atoms with Gasteiger partial charge in [0.2, 0.25) is 0 Å². The molecule has 1 aliphatic rings. The van der Waals surface area contributed by atoms with Crippen LogP contribution in [0.25, 0.3) is 0 Å². The molecular weight excluding hydrogens is 196 g/mol. The van der Waals surface area contributed by atoms with Crippen LogP contribution in [0.3, 0.4) is 0 Å². The van der Waals surface area contributed by atoms with Crippen molar-refractivity contribution < 1.29 is 0 Å². The highest BCUT2D eigenvalue weighted by molar-refractivity contribution is 5.18. The van der Waals surface area contributed by atoms with E-state index in [1.165, 1.54) is 18.5 Å². The van der Waals surface area contributed by atoms with E-state index in [9.17, 15) is 0 Å². The summed E-state index contributed by atoms with van der Waals surface area (Å²) in [5.41, 5.74) is 7.57. The fraction of sp³-hybridized carbons (Fsp3) is 0.571. The highest BCUT2D eigenvalue weighted by Gasteiger charge is 2.34. The van der Waals surface area contributed by atoms with Crippen LogP contribution in [-0.2, 0) is 0 Å². The predicted molar refractivity (Wildman–Crippen MR) is 68.2 cm³/mol. The Hall–Kier alpha value is -0.860. The molecule has 1 saturated heterocycles. The fourth-order valence-electron chi connectivity index (χ4n) is 2.50. The minimum atomic E-state index is 0.322. The SMILES string of the molecule is CC(c1ccccc1)N1CCC(C)(CN)C1. The van der Waals surface area contributed by atoms with E-state index in [0.29, 0.717) is 11.5 Å². The number of hydrogen-bond acceptors (Lipinski definition) is 2. The van der Waals surface area contributed by atoms with E-state index >= 15 is 0 Å². The Morgan fingerprint density at radius 3 is 2.62 bits per heavy atom. The Bertz CT molecular complexity index is 336. The Kier molecular flexibility index (Phi) is 3.31. The molecular formula is C14H22N2. The number of nitrogens with zero attached hydrogens (tertiary/aromatic N) is 1. The monoisotopic (exact) mass is 218 g/mol. The molecule has 0 amide bonds. The summed E-state index contributed by atoms with van der Waals surface area (Å²) < 4.78 is 0. The molecule has 0 aromatic heterocycles. The molecule has 0 spiro atoms. The largest absolute Gasteiger partial charge is 0.330 e. The van der Waals surface area contributed by atoms with E-state index in [0.717, 1.165) is 13.1 Å². The first-order chi connectivity index (χ1) is 7.64. The maximum absolute atomic E-state index is 5.84. The van der Waals surface area contributed by atoms with E-state index in [1.807, 2.05) is 0 Å². The average Bonchev–Trinajstić information content (AvgIpc) is 2.73. The Morgan fingerprint density at radius 1 is 1.38 bits per heavy atom. The molecule has 2 atom stereocenters. The smallest absolute Gasteiger partial charge is 0.0320 e. The molecule has 1 heterocycles. The van der Waals surface area contributed by atoms with Gasteiger partial charge in [-0.15, -0.1) is 0 Å². The molecule has 0 aliphatic carbocycles. The molecule has 2 heteroatoms. The van der Waals surface area contributed by atoms with E-state index in [2.05, 4.69) is 49.1 Å². The van der Waals surface area contributed by atoms with Gasteiger partial charge in [-0.1, -0.05) is 37.3 Å². The zero-order valence-corrected chi connectivity index (χ0v) is 10.3. The van der Waals surface area contributed by atoms with Crippen LogP contribution in [0.1, 0.15) is 31.9 Å². The molecule has 1 aliphatic heterocycles. The second-order valence-electron chi connectivity index (χ2n) is 5.32. The van der Waals surface area contributed by atoms with E-state index in [1.54, 1.807) is 0 Å². The van der Waals surface area contributed by atoms with Crippen molar-refractivity contribution in [2.45, 2.75) is 26.3 Å². The molecule has 88 valence electrons. The molecule has 2 rings (SSSR count). The lowest BCUT2D eigenvalue weighted by molar-refractivity contribution is 0.227. The lowest BCUT2D eigenvalue weighted by Crippen LogP contribution is -2.32. The summed E-state index contributed by atoms with van der Waals surface area (Å²) in [6.07, 6.45) is 1.22. The van der Waals surface area contributed by atoms with Crippen molar-refractivity contribution in [2.24, 2.45) is 11.1 Å². The van der Waals surface area contributed by atoms with Crippen LogP contribution in [0, 0.1) is 5.41 Å². The summed E-state index contributed by atoms with van der Waals surface area (Å²) in [7, 11) is 0. The second kappa shape index (κ2) is 4.56. The molecule has 0 bridgehead atoms. The van der Waals surface area contributed by atoms with Crippen LogP contribution >= 0.6 is 0 Å². The summed E-state index contributed by atoms with van der Waals surface area (Å²) in [5.74, 6) is 0. The maximum Gasteiger partial charge on any atom is 0.0320 e. The quantitative estimate of drug-likeness (QED) is 0.844. The summed E-state index contributed by atoms with van der Waals surface area (Å²) >= 11 is 0. The number of nitrogens with two attached hydrogens (primary N) is 1. The first kappa shape index (κ1) is 11.6. The van der Waals surface area contributed by atoms with Crippen LogP contribution < -0.4 is 5.73 Å². The zero-order chi connectivity index (χ0) is 11.6. The third-order valence-electron chi connectivity index (χ3n) is 3.91. The van der Waals surface area contributed by atoms with Crippen molar-refractivity contribution >= 4 is 0 Å². The van der Waals surface area contributed by atoms with E-state index in [-0.39, 0.29) is 0 Å². The first-order valence-electron chi connectivity index (χ1n) is 6.14. The lowest BCUT2D eigenvalue weighted by atomic mass is 9.90. The van der Waals surface area contributed by atoms with Gasteiger partial charge in [-0.2, -0.15) is 0 Å². The van der Waals surface area contributed by atoms with E-state index in [4.69, 9.17) is 5.73 Å². The molecule has 2 N–H and O–H groups in total. The van der Waals surface area contributed by atoms with Gasteiger partial charge in [0.15, 0.2) is 0 Å². The zero-order valence-electron chi connectivity index (χ0n) is 10.3. The van der Waals surface area contributed by atoms with Crippen molar-refractivity contribution in [3.05, 3.63) is 35.9 Å². The van der Waals surface area contributed by atoms with Crippen molar-refractivity contribution in [3.63, 3.8) is 0 Å². The first-order valence-corrected chi connectivity index (χ1v) is 6.14. The van der Waals surface area contributed by atoms with Gasteiger partial charge >= 0.3 is 0 Å². The van der Waals surface area contributed by atoms with Gasteiger partial charge in [-0.3, -0.25) is 4.90 Å². The van der Waals surface area contributed by atoms with Gasteiger partial charge in [0.1, 0.15) is 0 Å². The predicted octanol–water partition coefficient (Wildman–Crippen LogP) is 2.42. The molecule has 0 saturated carbocycles. The molecule has 2 nitrogen and oxygen atoms in total. The third-order valence-corrected chi connectivity index (χ3v) is 3.91. The molecule has 1 fully saturated rings. The van der Waals surface area contributed by atoms with Gasteiger partial charge < -0.3 is 5.73 Å². The Labute approximate surface area is 98.4 Å². The molecule has 1 aromatic rings. The minimum absolute atomic E-state index is 0.322. The van der Waals surface area contributed by atoms with Crippen molar-refractivity contribution in [3.8, 4) is 0 Å². The van der Waals surface area contributed by atoms with Gasteiger partial charge in [-0.25, -0.2) is 0 Å². The van der Waals surface area contributed by atoms with Crippen LogP contribution in [0.4, 0.5) is 0 Å². The summed E-state index contributed by atoms with van der Waals surface area (Å²) in [4.78, 5) is 2.54. The number of benzene rings is 1. The summed E-state index contributed by atoms with van der Waals surface area (Å²) in [6.45, 7) is 7.68. The second-order valence-corrected chi connectivity index (χ2v) is 5.32. The highest BCUT2D eigenvalue weighted by Crippen LogP contribution is 2.34. The number of rotatable bonds is 3. The molecule has 1 aromatic carbocycles. The fourth-order valence-corrected chi connectivity index (χ4v) is 2.50. The highest BCUT2D eigenvalue weighted by atomic mass is 15.2. The normalized spacial score (nSPS) is 28.2. The van der Waals surface area contributed by atoms with Gasteiger partial charge in [0, 0.05) is 12.6 Å². The lowest BCUT2D eigenvalue weighted by Gasteiger charge is -2.27. The van der Waals surface area contributed by atoms with Crippen molar-refractivity contribution in [1.29, 1.82) is 0 Å².